The lowest BCUT2D eigenvalue weighted by Crippen LogP contribution is -2.01. The third-order valence-electron chi connectivity index (χ3n) is 3.06. The molecule has 6 heteroatoms. The fourth-order valence-corrected chi connectivity index (χ4v) is 2.54. The van der Waals surface area contributed by atoms with Gasteiger partial charge in [0.2, 0.25) is 5.95 Å². The highest BCUT2D eigenvalue weighted by Gasteiger charge is 2.15. The molecule has 0 aliphatic carbocycles. The molecular formula is C14H11Cl2N3O. The zero-order valence-corrected chi connectivity index (χ0v) is 12.1. The van der Waals surface area contributed by atoms with Gasteiger partial charge in [0, 0.05) is 6.07 Å². The Labute approximate surface area is 125 Å². The molecule has 0 saturated carbocycles. The highest BCUT2D eigenvalue weighted by atomic mass is 35.5. The summed E-state index contributed by atoms with van der Waals surface area (Å²) in [6.07, 6.45) is 0. The van der Waals surface area contributed by atoms with Gasteiger partial charge in [-0.2, -0.15) is 0 Å². The maximum absolute atomic E-state index is 6.26. The van der Waals surface area contributed by atoms with Gasteiger partial charge in [0.25, 0.3) is 0 Å². The summed E-state index contributed by atoms with van der Waals surface area (Å²) < 4.78 is 6.98. The van der Waals surface area contributed by atoms with Crippen LogP contribution in [0.1, 0.15) is 0 Å². The van der Waals surface area contributed by atoms with Crippen molar-refractivity contribution in [2.24, 2.45) is 0 Å². The van der Waals surface area contributed by atoms with E-state index >= 15 is 0 Å². The molecule has 2 aromatic carbocycles. The highest BCUT2D eigenvalue weighted by Crippen LogP contribution is 2.32. The molecule has 2 N–H and O–H groups in total. The number of ether oxygens (including phenoxy) is 1. The van der Waals surface area contributed by atoms with Crippen LogP contribution in [-0.4, -0.2) is 16.7 Å². The van der Waals surface area contributed by atoms with Crippen LogP contribution >= 0.6 is 23.2 Å². The Hall–Kier alpha value is -1.91. The predicted octanol–water partition coefficient (Wildman–Crippen LogP) is 3.92. The molecule has 102 valence electrons. The number of rotatable bonds is 2. The maximum Gasteiger partial charge on any atom is 0.206 e. The van der Waals surface area contributed by atoms with Gasteiger partial charge in [0.1, 0.15) is 11.3 Å². The van der Waals surface area contributed by atoms with E-state index in [0.29, 0.717) is 32.9 Å². The number of methoxy groups -OCH3 is 1. The van der Waals surface area contributed by atoms with E-state index in [0.717, 1.165) is 5.52 Å². The molecular weight excluding hydrogens is 297 g/mol. The summed E-state index contributed by atoms with van der Waals surface area (Å²) in [4.78, 5) is 4.29. The molecule has 0 bridgehead atoms. The van der Waals surface area contributed by atoms with Crippen molar-refractivity contribution in [2.45, 2.75) is 0 Å². The largest absolute Gasteiger partial charge is 0.497 e. The topological polar surface area (TPSA) is 53.1 Å². The number of halogens is 2. The van der Waals surface area contributed by atoms with Gasteiger partial charge in [-0.1, -0.05) is 29.3 Å². The van der Waals surface area contributed by atoms with Crippen molar-refractivity contribution in [1.82, 2.24) is 9.55 Å². The zero-order chi connectivity index (χ0) is 14.3. The third-order valence-corrected chi connectivity index (χ3v) is 3.68. The number of hydrogen-bond acceptors (Lipinski definition) is 3. The molecule has 20 heavy (non-hydrogen) atoms. The van der Waals surface area contributed by atoms with Gasteiger partial charge in [-0.3, -0.25) is 4.57 Å². The number of hydrogen-bond donors (Lipinski definition) is 1. The molecule has 0 unspecified atom stereocenters. The first-order valence-electron chi connectivity index (χ1n) is 5.88. The second-order valence-corrected chi connectivity index (χ2v) is 5.04. The van der Waals surface area contributed by atoms with Crippen LogP contribution in [0.4, 0.5) is 5.95 Å². The standard InChI is InChI=1S/C14H11Cl2N3O/c1-20-8-5-6-9(15)12(7-8)19-11-4-2-3-10(16)13(11)18-14(19)17/h2-7H,1H3,(H2,17,18). The van der Waals surface area contributed by atoms with E-state index in [4.69, 9.17) is 33.7 Å². The number of anilines is 1. The summed E-state index contributed by atoms with van der Waals surface area (Å²) >= 11 is 12.4. The number of nitrogens with two attached hydrogens (primary N) is 1. The Balaban J connectivity index is 2.35. The number of aromatic nitrogens is 2. The zero-order valence-electron chi connectivity index (χ0n) is 10.6. The normalized spacial score (nSPS) is 10.9. The van der Waals surface area contributed by atoms with Crippen molar-refractivity contribution >= 4 is 40.2 Å². The molecule has 0 radical (unpaired) electrons. The molecule has 0 saturated heterocycles. The number of para-hydroxylation sites is 1. The maximum atomic E-state index is 6.26. The molecule has 0 aliphatic rings. The van der Waals surface area contributed by atoms with E-state index in [1.54, 1.807) is 35.9 Å². The Morgan fingerprint density at radius 1 is 1.15 bits per heavy atom. The van der Waals surface area contributed by atoms with Crippen LogP contribution in [0.3, 0.4) is 0 Å². The third kappa shape index (κ3) is 1.97. The second kappa shape index (κ2) is 4.89. The van der Waals surface area contributed by atoms with Crippen molar-refractivity contribution in [2.75, 3.05) is 12.8 Å². The summed E-state index contributed by atoms with van der Waals surface area (Å²) in [5, 5.41) is 1.10. The molecule has 0 fully saturated rings. The number of benzene rings is 2. The van der Waals surface area contributed by atoms with Gasteiger partial charge < -0.3 is 10.5 Å². The fourth-order valence-electron chi connectivity index (χ4n) is 2.13. The molecule has 0 atom stereocenters. The molecule has 3 rings (SSSR count). The first kappa shape index (κ1) is 13.1. The summed E-state index contributed by atoms with van der Waals surface area (Å²) in [6.45, 7) is 0. The van der Waals surface area contributed by atoms with Gasteiger partial charge >= 0.3 is 0 Å². The van der Waals surface area contributed by atoms with Gasteiger partial charge in [-0.15, -0.1) is 0 Å². The van der Waals surface area contributed by atoms with E-state index in [1.807, 2.05) is 12.1 Å². The number of nitrogen functional groups attached to an aromatic ring is 1. The lowest BCUT2D eigenvalue weighted by molar-refractivity contribution is 0.414. The molecule has 0 amide bonds. The summed E-state index contributed by atoms with van der Waals surface area (Å²) in [7, 11) is 1.60. The number of imidazole rings is 1. The Morgan fingerprint density at radius 3 is 2.70 bits per heavy atom. The monoisotopic (exact) mass is 307 g/mol. The minimum absolute atomic E-state index is 0.322. The van der Waals surface area contributed by atoms with Crippen molar-refractivity contribution < 1.29 is 4.74 Å². The van der Waals surface area contributed by atoms with Crippen LogP contribution in [0.15, 0.2) is 36.4 Å². The number of nitrogens with zero attached hydrogens (tertiary/aromatic N) is 2. The van der Waals surface area contributed by atoms with Crippen molar-refractivity contribution in [3.05, 3.63) is 46.4 Å². The second-order valence-electron chi connectivity index (χ2n) is 4.23. The highest BCUT2D eigenvalue weighted by molar-refractivity contribution is 6.35. The molecule has 0 spiro atoms. The van der Waals surface area contributed by atoms with E-state index in [1.165, 1.54) is 0 Å². The molecule has 0 aliphatic heterocycles. The van der Waals surface area contributed by atoms with Crippen LogP contribution in [0.25, 0.3) is 16.7 Å². The first-order chi connectivity index (χ1) is 9.61. The van der Waals surface area contributed by atoms with Gasteiger partial charge in [0.05, 0.1) is 28.4 Å². The quantitative estimate of drug-likeness (QED) is 0.780. The molecule has 1 heterocycles. The fraction of sp³-hybridized carbons (Fsp3) is 0.0714. The van der Waals surface area contributed by atoms with Crippen LogP contribution in [-0.2, 0) is 0 Å². The smallest absolute Gasteiger partial charge is 0.206 e. The predicted molar refractivity (Wildman–Crippen MR) is 82.1 cm³/mol. The van der Waals surface area contributed by atoms with Crippen molar-refractivity contribution in [3.8, 4) is 11.4 Å². The average Bonchev–Trinajstić information content (AvgIpc) is 2.77. The Bertz CT molecular complexity index is 798. The lowest BCUT2D eigenvalue weighted by Gasteiger charge is -2.10. The summed E-state index contributed by atoms with van der Waals surface area (Å²) in [5.74, 6) is 1.01. The molecule has 4 nitrogen and oxygen atoms in total. The van der Waals surface area contributed by atoms with Crippen LogP contribution in [0, 0.1) is 0 Å². The first-order valence-corrected chi connectivity index (χ1v) is 6.64. The van der Waals surface area contributed by atoms with E-state index in [2.05, 4.69) is 4.98 Å². The Kier molecular flexibility index (Phi) is 3.20. The van der Waals surface area contributed by atoms with E-state index in [-0.39, 0.29) is 0 Å². The van der Waals surface area contributed by atoms with Crippen molar-refractivity contribution in [1.29, 1.82) is 0 Å². The van der Waals surface area contributed by atoms with Gasteiger partial charge in [0.15, 0.2) is 0 Å². The minimum Gasteiger partial charge on any atom is -0.497 e. The van der Waals surface area contributed by atoms with Crippen LogP contribution < -0.4 is 10.5 Å². The number of fused-ring (bicyclic) bond motifs is 1. The minimum atomic E-state index is 0.322. The summed E-state index contributed by atoms with van der Waals surface area (Å²) in [5.41, 5.74) is 8.15. The van der Waals surface area contributed by atoms with Crippen molar-refractivity contribution in [3.63, 3.8) is 0 Å². The Morgan fingerprint density at radius 2 is 1.95 bits per heavy atom. The van der Waals surface area contributed by atoms with Crippen LogP contribution in [0.2, 0.25) is 10.0 Å². The molecule has 1 aromatic heterocycles. The lowest BCUT2D eigenvalue weighted by atomic mass is 10.2. The SMILES string of the molecule is COc1ccc(Cl)c(-n2c(N)nc3c(Cl)cccc32)c1. The van der Waals surface area contributed by atoms with Gasteiger partial charge in [-0.25, -0.2) is 4.98 Å². The van der Waals surface area contributed by atoms with E-state index in [9.17, 15) is 0 Å². The van der Waals surface area contributed by atoms with E-state index < -0.39 is 0 Å². The van der Waals surface area contributed by atoms with Crippen LogP contribution in [0.5, 0.6) is 5.75 Å². The summed E-state index contributed by atoms with van der Waals surface area (Å²) in [6, 6.07) is 10.9. The van der Waals surface area contributed by atoms with Gasteiger partial charge in [-0.05, 0) is 24.3 Å². The molecule has 3 aromatic rings. The average molecular weight is 308 g/mol.